The standard InChI is InChI=1S/C60H60N6O6/c1-67-55-27-45-17-37-7-9-39-31-61-11-12-62-32-40-10-8-38-18-46-28-56(68-2)50-22-42(46)20-48-30-58(70-4)52(24-44(48)26-54(38)60(40)72-6)36-66-16-15-65-35-51-23-43(25-53(37)59(39)71-5)47(29-57(51)69-3)19-41(45)21-49(55)33-63-13-14-64-34-50/h7-10,21-24,27-36H,11-20,25-26H2,1-6H3. The zero-order valence-corrected chi connectivity index (χ0v) is 42.0. The number of benzene rings is 6. The Morgan fingerprint density at radius 2 is 0.514 bits per heavy atom. The van der Waals surface area contributed by atoms with Gasteiger partial charge in [-0.25, -0.2) is 0 Å². The Balaban J connectivity index is 1.20. The van der Waals surface area contributed by atoms with Gasteiger partial charge in [0.25, 0.3) is 0 Å². The SMILES string of the molecule is COc1cc2c3cc1C=NCCN=Cc1cc4c(cc1OC)Cc1cc5c(OC)cc1Cc1ccc(c(OC)c1C4)C=NCCN=Cc1ccc(c(c1OC)C3)Cc1cc(OC)c(cc1C2)C=NCCN=C5. The lowest BCUT2D eigenvalue weighted by Gasteiger charge is -2.18. The average molecular weight is 961 g/mol. The van der Waals surface area contributed by atoms with E-state index in [0.29, 0.717) is 77.8 Å². The van der Waals surface area contributed by atoms with Crippen LogP contribution in [-0.2, 0) is 38.5 Å². The molecule has 12 rings (SSSR count). The zero-order chi connectivity index (χ0) is 49.6. The van der Waals surface area contributed by atoms with Gasteiger partial charge in [-0.3, -0.25) is 30.0 Å². The van der Waals surface area contributed by atoms with Gasteiger partial charge in [0.2, 0.25) is 0 Å². The highest BCUT2D eigenvalue weighted by Gasteiger charge is 2.25. The molecule has 4 heterocycles. The number of rotatable bonds is 6. The van der Waals surface area contributed by atoms with Crippen molar-refractivity contribution < 1.29 is 28.4 Å². The Kier molecular flexibility index (Phi) is 14.4. The summed E-state index contributed by atoms with van der Waals surface area (Å²) in [6.45, 7) is 2.89. The molecule has 0 saturated heterocycles. The highest BCUT2D eigenvalue weighted by Crippen LogP contribution is 2.40. The van der Waals surface area contributed by atoms with Crippen LogP contribution >= 0.6 is 0 Å². The minimum absolute atomic E-state index is 0.476. The molecular weight excluding hydrogens is 901 g/mol. The Morgan fingerprint density at radius 1 is 0.264 bits per heavy atom. The van der Waals surface area contributed by atoms with E-state index in [-0.39, 0.29) is 0 Å². The second-order valence-electron chi connectivity index (χ2n) is 18.4. The van der Waals surface area contributed by atoms with Crippen LogP contribution in [0.15, 0.2) is 103 Å². The molecule has 0 spiro atoms. The number of hydrogen-bond donors (Lipinski definition) is 0. The molecule has 0 saturated carbocycles. The minimum atomic E-state index is 0.476. The maximum Gasteiger partial charge on any atom is 0.131 e. The predicted octanol–water partition coefficient (Wildman–Crippen LogP) is 9.15. The van der Waals surface area contributed by atoms with Crippen molar-refractivity contribution in [3.8, 4) is 34.5 Å². The summed E-state index contributed by atoms with van der Waals surface area (Å²) in [6.07, 6.45) is 15.4. The fraction of sp³-hybridized carbons (Fsp3) is 0.300. The smallest absolute Gasteiger partial charge is 0.131 e. The minimum Gasteiger partial charge on any atom is -0.496 e. The number of fused-ring (bicyclic) bond motifs is 3. The molecule has 0 atom stereocenters. The quantitative estimate of drug-likeness (QED) is 0.164. The van der Waals surface area contributed by atoms with Crippen LogP contribution in [0.25, 0.3) is 0 Å². The molecule has 14 bridgehead atoms. The number of aliphatic imine (C=N–C) groups is 6. The molecule has 0 unspecified atom stereocenters. The van der Waals surface area contributed by atoms with Crippen molar-refractivity contribution in [1.29, 1.82) is 0 Å². The molecule has 0 radical (unpaired) electrons. The largest absolute Gasteiger partial charge is 0.496 e. The molecular formula is C60H60N6O6. The molecule has 12 nitrogen and oxygen atoms in total. The molecule has 4 aliphatic heterocycles. The van der Waals surface area contributed by atoms with Gasteiger partial charge in [0.05, 0.1) is 81.9 Å². The first-order valence-corrected chi connectivity index (χ1v) is 24.5. The first-order chi connectivity index (χ1) is 35.4. The van der Waals surface area contributed by atoms with Crippen LogP contribution in [0.2, 0.25) is 0 Å². The second kappa shape index (κ2) is 21.6. The zero-order valence-electron chi connectivity index (χ0n) is 42.0. The van der Waals surface area contributed by atoms with Gasteiger partial charge >= 0.3 is 0 Å². The molecule has 72 heavy (non-hydrogen) atoms. The molecule has 366 valence electrons. The summed E-state index contributed by atoms with van der Waals surface area (Å²) in [6, 6.07) is 26.2. The summed E-state index contributed by atoms with van der Waals surface area (Å²) >= 11 is 0. The molecule has 0 amide bonds. The van der Waals surface area contributed by atoms with Crippen molar-refractivity contribution in [3.63, 3.8) is 0 Å². The van der Waals surface area contributed by atoms with Gasteiger partial charge in [-0.15, -0.1) is 0 Å². The summed E-state index contributed by atoms with van der Waals surface area (Å²) in [7, 11) is 10.4. The molecule has 12 heteroatoms. The highest BCUT2D eigenvalue weighted by molar-refractivity contribution is 5.89. The third-order valence-corrected chi connectivity index (χ3v) is 14.1. The van der Waals surface area contributed by atoms with Gasteiger partial charge in [-0.1, -0.05) is 12.1 Å². The van der Waals surface area contributed by atoms with Crippen LogP contribution < -0.4 is 28.4 Å². The van der Waals surface area contributed by atoms with E-state index >= 15 is 0 Å². The van der Waals surface area contributed by atoms with E-state index in [2.05, 4.69) is 72.8 Å². The van der Waals surface area contributed by atoms with Gasteiger partial charge < -0.3 is 28.4 Å². The van der Waals surface area contributed by atoms with Crippen molar-refractivity contribution in [2.24, 2.45) is 30.0 Å². The summed E-state index contributed by atoms with van der Waals surface area (Å²) in [4.78, 5) is 29.4. The van der Waals surface area contributed by atoms with E-state index in [4.69, 9.17) is 58.4 Å². The first kappa shape index (κ1) is 47.8. The van der Waals surface area contributed by atoms with E-state index in [9.17, 15) is 0 Å². The molecule has 6 aliphatic rings. The van der Waals surface area contributed by atoms with Gasteiger partial charge in [0.15, 0.2) is 0 Å². The van der Waals surface area contributed by atoms with Crippen LogP contribution in [0.3, 0.4) is 0 Å². The van der Waals surface area contributed by atoms with Crippen molar-refractivity contribution in [2.45, 2.75) is 38.5 Å². The van der Waals surface area contributed by atoms with Gasteiger partial charge in [0.1, 0.15) is 34.5 Å². The average Bonchev–Trinajstić information content (AvgIpc) is 3.49. The van der Waals surface area contributed by atoms with Crippen molar-refractivity contribution in [3.05, 3.63) is 173 Å². The lowest BCUT2D eigenvalue weighted by Crippen LogP contribution is -2.06. The summed E-state index contributed by atoms with van der Waals surface area (Å²) < 4.78 is 37.0. The van der Waals surface area contributed by atoms with E-state index in [1.807, 2.05) is 37.3 Å². The number of nitrogens with zero attached hydrogens (tertiary/aromatic N) is 6. The maximum absolute atomic E-state index is 6.33. The van der Waals surface area contributed by atoms with Crippen molar-refractivity contribution in [1.82, 2.24) is 0 Å². The highest BCUT2D eigenvalue weighted by atomic mass is 16.5. The lowest BCUT2D eigenvalue weighted by atomic mass is 9.91. The normalized spacial score (nSPS) is 14.9. The number of hydrogen-bond acceptors (Lipinski definition) is 12. The molecule has 6 aromatic rings. The number of ether oxygens (including phenoxy) is 6. The molecule has 0 N–H and O–H groups in total. The topological polar surface area (TPSA) is 130 Å². The van der Waals surface area contributed by atoms with E-state index < -0.39 is 0 Å². The van der Waals surface area contributed by atoms with Gasteiger partial charge in [-0.05, 0) is 142 Å². The Hall–Kier alpha value is -7.86. The van der Waals surface area contributed by atoms with Crippen LogP contribution in [0, 0.1) is 0 Å². The van der Waals surface area contributed by atoms with Crippen LogP contribution in [0.1, 0.15) is 100 Å². The van der Waals surface area contributed by atoms with Crippen molar-refractivity contribution in [2.75, 3.05) is 81.9 Å². The van der Waals surface area contributed by atoms with E-state index in [1.165, 1.54) is 11.1 Å². The Bertz CT molecular complexity index is 3030. The van der Waals surface area contributed by atoms with Gasteiger partial charge in [0, 0.05) is 94.6 Å². The molecule has 0 fully saturated rings. The third-order valence-electron chi connectivity index (χ3n) is 14.1. The van der Waals surface area contributed by atoms with Crippen LogP contribution in [-0.4, -0.2) is 119 Å². The Morgan fingerprint density at radius 3 is 0.792 bits per heavy atom. The monoisotopic (exact) mass is 960 g/mol. The van der Waals surface area contributed by atoms with Gasteiger partial charge in [-0.2, -0.15) is 0 Å². The predicted molar refractivity (Wildman–Crippen MR) is 290 cm³/mol. The summed E-state index contributed by atoms with van der Waals surface area (Å²) in [5.41, 5.74) is 19.2. The summed E-state index contributed by atoms with van der Waals surface area (Å²) in [5.74, 6) is 4.60. The van der Waals surface area contributed by atoms with Crippen LogP contribution in [0.5, 0.6) is 34.5 Å². The molecule has 6 aromatic carbocycles. The summed E-state index contributed by atoms with van der Waals surface area (Å²) in [5, 5.41) is 0. The van der Waals surface area contributed by atoms with Crippen molar-refractivity contribution >= 4 is 37.3 Å². The van der Waals surface area contributed by atoms with E-state index in [0.717, 1.165) is 124 Å². The van der Waals surface area contributed by atoms with Crippen LogP contribution in [0.4, 0.5) is 0 Å². The fourth-order valence-electron chi connectivity index (χ4n) is 10.5. The Labute approximate surface area is 422 Å². The fourth-order valence-corrected chi connectivity index (χ4v) is 10.5. The lowest BCUT2D eigenvalue weighted by molar-refractivity contribution is 0.409. The first-order valence-electron chi connectivity index (χ1n) is 24.5. The number of methoxy groups -OCH3 is 6. The maximum atomic E-state index is 6.33. The second-order valence-corrected chi connectivity index (χ2v) is 18.4. The third kappa shape index (κ3) is 9.90. The van der Waals surface area contributed by atoms with E-state index in [1.54, 1.807) is 42.7 Å². The molecule has 0 aromatic heterocycles. The molecule has 2 aliphatic carbocycles.